The van der Waals surface area contributed by atoms with Gasteiger partial charge in [0.05, 0.1) is 24.9 Å². The van der Waals surface area contributed by atoms with Gasteiger partial charge >= 0.3 is 5.97 Å². The number of aliphatic carboxylic acids is 1. The van der Waals surface area contributed by atoms with Crippen molar-refractivity contribution in [2.75, 3.05) is 7.11 Å². The molecule has 0 aliphatic rings. The Labute approximate surface area is 95.3 Å². The van der Waals surface area contributed by atoms with Crippen LogP contribution in [0, 0.1) is 5.92 Å². The van der Waals surface area contributed by atoms with E-state index in [9.17, 15) is 4.79 Å². The third-order valence-corrected chi connectivity index (χ3v) is 2.36. The fraction of sp³-hybridized carbons (Fsp3) is 0.500. The van der Waals surface area contributed by atoms with Crippen LogP contribution in [0.3, 0.4) is 0 Å². The highest BCUT2D eigenvalue weighted by atomic mass is 16.5. The molecule has 0 radical (unpaired) electrons. The smallest absolute Gasteiger partial charge is 0.312 e. The van der Waals surface area contributed by atoms with Gasteiger partial charge in [-0.2, -0.15) is 0 Å². The van der Waals surface area contributed by atoms with E-state index >= 15 is 0 Å². The van der Waals surface area contributed by atoms with E-state index in [0.717, 1.165) is 0 Å². The second kappa shape index (κ2) is 5.49. The maximum Gasteiger partial charge on any atom is 0.312 e. The molecule has 4 nitrogen and oxygen atoms in total. The average Bonchev–Trinajstić information content (AvgIpc) is 2.25. The molecular weight excluding hydrogens is 206 g/mol. The van der Waals surface area contributed by atoms with Gasteiger partial charge in [-0.1, -0.05) is 13.8 Å². The van der Waals surface area contributed by atoms with Gasteiger partial charge in [0, 0.05) is 0 Å². The summed E-state index contributed by atoms with van der Waals surface area (Å²) in [4.78, 5) is 15.2. The Morgan fingerprint density at radius 2 is 2.19 bits per heavy atom. The van der Waals surface area contributed by atoms with Gasteiger partial charge in [-0.3, -0.25) is 9.78 Å². The van der Waals surface area contributed by atoms with Crippen molar-refractivity contribution in [3.05, 3.63) is 24.0 Å². The van der Waals surface area contributed by atoms with Crippen molar-refractivity contribution >= 4 is 5.97 Å². The largest absolute Gasteiger partial charge is 0.495 e. The van der Waals surface area contributed by atoms with Gasteiger partial charge in [-0.15, -0.1) is 0 Å². The third kappa shape index (κ3) is 3.22. The van der Waals surface area contributed by atoms with Crippen molar-refractivity contribution in [3.63, 3.8) is 0 Å². The Bertz CT molecular complexity index is 346. The Kier molecular flexibility index (Phi) is 4.28. The molecule has 1 rings (SSSR count). The van der Waals surface area contributed by atoms with Crippen molar-refractivity contribution in [3.8, 4) is 5.75 Å². The summed E-state index contributed by atoms with van der Waals surface area (Å²) in [7, 11) is 1.56. The van der Waals surface area contributed by atoms with Gasteiger partial charge in [0.2, 0.25) is 0 Å². The molecule has 1 heterocycles. The van der Waals surface area contributed by atoms with Crippen molar-refractivity contribution in [2.24, 2.45) is 5.92 Å². The Balaban J connectivity index is 2.88. The molecule has 16 heavy (non-hydrogen) atoms. The number of pyridine rings is 1. The molecule has 0 saturated heterocycles. The van der Waals surface area contributed by atoms with Crippen molar-refractivity contribution < 1.29 is 14.6 Å². The molecule has 0 aromatic carbocycles. The van der Waals surface area contributed by atoms with Crippen molar-refractivity contribution in [1.82, 2.24) is 4.98 Å². The zero-order valence-electron chi connectivity index (χ0n) is 9.80. The number of carboxylic acid groups (broad SMARTS) is 1. The molecule has 0 fully saturated rings. The number of rotatable bonds is 5. The highest BCUT2D eigenvalue weighted by Gasteiger charge is 2.22. The predicted molar refractivity (Wildman–Crippen MR) is 60.6 cm³/mol. The summed E-state index contributed by atoms with van der Waals surface area (Å²) in [5, 5.41) is 9.13. The van der Waals surface area contributed by atoms with Crippen LogP contribution in [0.5, 0.6) is 5.75 Å². The summed E-state index contributed by atoms with van der Waals surface area (Å²) in [5.74, 6) is -0.403. The fourth-order valence-electron chi connectivity index (χ4n) is 1.54. The molecule has 1 atom stereocenters. The van der Waals surface area contributed by atoms with Crippen LogP contribution < -0.4 is 4.74 Å². The Morgan fingerprint density at radius 3 is 2.56 bits per heavy atom. The van der Waals surface area contributed by atoms with Gasteiger partial charge in [0.15, 0.2) is 0 Å². The van der Waals surface area contributed by atoms with Gasteiger partial charge < -0.3 is 9.84 Å². The maximum atomic E-state index is 11.1. The van der Waals surface area contributed by atoms with Gasteiger partial charge in [0.1, 0.15) is 5.75 Å². The number of methoxy groups -OCH3 is 1. The normalized spacial score (nSPS) is 12.5. The molecule has 0 aliphatic heterocycles. The molecule has 0 spiro atoms. The molecule has 0 bridgehead atoms. The lowest BCUT2D eigenvalue weighted by Crippen LogP contribution is -2.15. The summed E-state index contributed by atoms with van der Waals surface area (Å²) < 4.78 is 4.98. The number of aromatic nitrogens is 1. The van der Waals surface area contributed by atoms with E-state index in [0.29, 0.717) is 23.8 Å². The molecule has 0 saturated carbocycles. The number of ether oxygens (including phenoxy) is 1. The monoisotopic (exact) mass is 223 g/mol. The molecule has 1 N–H and O–H groups in total. The summed E-state index contributed by atoms with van der Waals surface area (Å²) in [6, 6.07) is 3.44. The summed E-state index contributed by atoms with van der Waals surface area (Å²) in [6.07, 6.45) is 2.14. The van der Waals surface area contributed by atoms with E-state index in [1.54, 1.807) is 25.4 Å². The molecule has 0 aliphatic carbocycles. The molecule has 1 aromatic heterocycles. The van der Waals surface area contributed by atoms with E-state index in [1.807, 2.05) is 13.8 Å². The summed E-state index contributed by atoms with van der Waals surface area (Å²) in [5.41, 5.74) is 0.585. The second-order valence-electron chi connectivity index (χ2n) is 4.14. The summed E-state index contributed by atoms with van der Waals surface area (Å²) >= 11 is 0. The van der Waals surface area contributed by atoms with E-state index in [-0.39, 0.29) is 0 Å². The van der Waals surface area contributed by atoms with Crippen LogP contribution in [-0.2, 0) is 4.79 Å². The highest BCUT2D eigenvalue weighted by molar-refractivity contribution is 5.75. The Hall–Kier alpha value is -1.58. The van der Waals surface area contributed by atoms with E-state index in [1.165, 1.54) is 0 Å². The first-order chi connectivity index (χ1) is 7.54. The van der Waals surface area contributed by atoms with Gasteiger partial charge in [0.25, 0.3) is 0 Å². The zero-order valence-corrected chi connectivity index (χ0v) is 9.80. The van der Waals surface area contributed by atoms with E-state index < -0.39 is 11.9 Å². The SMILES string of the molecule is COc1ccc(C(CC(C)C)C(=O)O)nc1. The van der Waals surface area contributed by atoms with Crippen LogP contribution in [-0.4, -0.2) is 23.2 Å². The first-order valence-electron chi connectivity index (χ1n) is 5.27. The number of hydrogen-bond acceptors (Lipinski definition) is 3. The van der Waals surface area contributed by atoms with E-state index in [4.69, 9.17) is 9.84 Å². The standard InChI is InChI=1S/C12H17NO3/c1-8(2)6-10(12(14)15)11-5-4-9(16-3)7-13-11/h4-5,7-8,10H,6H2,1-3H3,(H,14,15). The van der Waals surface area contributed by atoms with E-state index in [2.05, 4.69) is 4.98 Å². The number of nitrogens with zero attached hydrogens (tertiary/aromatic N) is 1. The van der Waals surface area contributed by atoms with Gasteiger partial charge in [-0.05, 0) is 24.5 Å². The van der Waals surface area contributed by atoms with Crippen molar-refractivity contribution in [1.29, 1.82) is 0 Å². The van der Waals surface area contributed by atoms with Crippen LogP contribution in [0.25, 0.3) is 0 Å². The predicted octanol–water partition coefficient (Wildman–Crippen LogP) is 2.30. The van der Waals surface area contributed by atoms with Crippen LogP contribution in [0.15, 0.2) is 18.3 Å². The molecule has 88 valence electrons. The number of carbonyl (C=O) groups is 1. The van der Waals surface area contributed by atoms with Crippen LogP contribution in [0.2, 0.25) is 0 Å². The fourth-order valence-corrected chi connectivity index (χ4v) is 1.54. The van der Waals surface area contributed by atoms with Crippen LogP contribution in [0.1, 0.15) is 31.9 Å². The summed E-state index contributed by atoms with van der Waals surface area (Å²) in [6.45, 7) is 4.00. The highest BCUT2D eigenvalue weighted by Crippen LogP contribution is 2.23. The minimum atomic E-state index is -0.827. The molecule has 1 unspecified atom stereocenters. The molecule has 1 aromatic rings. The van der Waals surface area contributed by atoms with Crippen LogP contribution >= 0.6 is 0 Å². The zero-order chi connectivity index (χ0) is 12.1. The van der Waals surface area contributed by atoms with Gasteiger partial charge in [-0.25, -0.2) is 0 Å². The van der Waals surface area contributed by atoms with Crippen molar-refractivity contribution in [2.45, 2.75) is 26.2 Å². The lowest BCUT2D eigenvalue weighted by atomic mass is 9.94. The lowest BCUT2D eigenvalue weighted by Gasteiger charge is -2.14. The maximum absolute atomic E-state index is 11.1. The number of carboxylic acids is 1. The quantitative estimate of drug-likeness (QED) is 0.832. The molecule has 0 amide bonds. The minimum Gasteiger partial charge on any atom is -0.495 e. The first kappa shape index (κ1) is 12.5. The lowest BCUT2D eigenvalue weighted by molar-refractivity contribution is -0.139. The first-order valence-corrected chi connectivity index (χ1v) is 5.27. The Morgan fingerprint density at radius 1 is 1.50 bits per heavy atom. The molecular formula is C12H17NO3. The minimum absolute atomic E-state index is 0.324. The average molecular weight is 223 g/mol. The number of hydrogen-bond donors (Lipinski definition) is 1. The molecule has 4 heteroatoms. The third-order valence-electron chi connectivity index (χ3n) is 2.36. The topological polar surface area (TPSA) is 59.4 Å². The van der Waals surface area contributed by atoms with Crippen LogP contribution in [0.4, 0.5) is 0 Å². The second-order valence-corrected chi connectivity index (χ2v) is 4.14.